The van der Waals surface area contributed by atoms with Gasteiger partial charge in [-0.25, -0.2) is 0 Å². The van der Waals surface area contributed by atoms with Crippen LogP contribution in [-0.4, -0.2) is 43.9 Å². The summed E-state index contributed by atoms with van der Waals surface area (Å²) < 4.78 is 2.27. The topological polar surface area (TPSA) is 41.4 Å². The molecule has 1 unspecified atom stereocenters. The molecule has 5 heteroatoms. The first kappa shape index (κ1) is 19.3. The number of carbonyl (C=O) groups is 1. The molecule has 0 radical (unpaired) electrons. The van der Waals surface area contributed by atoms with Crippen molar-refractivity contribution < 1.29 is 4.79 Å². The third-order valence-corrected chi connectivity index (χ3v) is 6.96. The van der Waals surface area contributed by atoms with E-state index in [0.29, 0.717) is 12.5 Å². The van der Waals surface area contributed by atoms with E-state index >= 15 is 0 Å². The first-order valence-corrected chi connectivity index (χ1v) is 11.2. The molecule has 2 aliphatic rings. The number of amides is 1. The van der Waals surface area contributed by atoms with E-state index in [-0.39, 0.29) is 5.54 Å². The van der Waals surface area contributed by atoms with E-state index in [2.05, 4.69) is 51.8 Å². The highest BCUT2D eigenvalue weighted by Gasteiger charge is 2.50. The molecule has 2 aliphatic heterocycles. The number of fused-ring (bicyclic) bond motifs is 1. The lowest BCUT2D eigenvalue weighted by Gasteiger charge is -2.44. The van der Waals surface area contributed by atoms with E-state index in [9.17, 15) is 4.79 Å². The second kappa shape index (κ2) is 7.88. The minimum absolute atomic E-state index is 0.301. The molecule has 2 aromatic heterocycles. The van der Waals surface area contributed by atoms with Crippen LogP contribution in [0.25, 0.3) is 10.9 Å². The van der Waals surface area contributed by atoms with Crippen LogP contribution in [0.5, 0.6) is 0 Å². The molecular formula is C25H30N4O. The minimum atomic E-state index is -0.336. The van der Waals surface area contributed by atoms with Gasteiger partial charge in [-0.15, -0.1) is 0 Å². The Kier molecular flexibility index (Phi) is 5.07. The van der Waals surface area contributed by atoms with Crippen molar-refractivity contribution in [3.63, 3.8) is 0 Å². The second-order valence-electron chi connectivity index (χ2n) is 8.70. The van der Waals surface area contributed by atoms with Crippen LogP contribution in [-0.2, 0) is 24.4 Å². The van der Waals surface area contributed by atoms with E-state index < -0.39 is 0 Å². The molecule has 1 amide bonds. The van der Waals surface area contributed by atoms with E-state index in [4.69, 9.17) is 0 Å². The van der Waals surface area contributed by atoms with Crippen LogP contribution in [0.3, 0.4) is 0 Å². The summed E-state index contributed by atoms with van der Waals surface area (Å²) in [5.74, 6) is 0.301. The fourth-order valence-corrected chi connectivity index (χ4v) is 5.44. The zero-order valence-electron chi connectivity index (χ0n) is 17.8. The van der Waals surface area contributed by atoms with Crippen LogP contribution in [0.1, 0.15) is 43.9 Å². The van der Waals surface area contributed by atoms with Gasteiger partial charge in [0.05, 0.1) is 12.2 Å². The number of likely N-dealkylation sites (tertiary alicyclic amines) is 2. The van der Waals surface area contributed by atoms with Gasteiger partial charge in [0, 0.05) is 37.5 Å². The quantitative estimate of drug-likeness (QED) is 0.642. The largest absolute Gasteiger partial charge is 0.348 e. The zero-order chi connectivity index (χ0) is 20.6. The molecule has 0 aliphatic carbocycles. The fraction of sp³-hybridized carbons (Fsp3) is 0.440. The maximum absolute atomic E-state index is 13.7. The molecule has 3 aromatic rings. The third kappa shape index (κ3) is 3.31. The van der Waals surface area contributed by atoms with Gasteiger partial charge >= 0.3 is 0 Å². The maximum Gasteiger partial charge on any atom is 0.243 e. The molecule has 0 N–H and O–H groups in total. The van der Waals surface area contributed by atoms with E-state index in [1.807, 2.05) is 29.3 Å². The highest BCUT2D eigenvalue weighted by atomic mass is 16.2. The summed E-state index contributed by atoms with van der Waals surface area (Å²) in [6.07, 6.45) is 8.07. The van der Waals surface area contributed by atoms with Gasteiger partial charge in [0.1, 0.15) is 5.54 Å². The third-order valence-electron chi connectivity index (χ3n) is 6.96. The first-order valence-electron chi connectivity index (χ1n) is 11.2. The van der Waals surface area contributed by atoms with Crippen LogP contribution in [0, 0.1) is 0 Å². The van der Waals surface area contributed by atoms with Crippen molar-refractivity contribution in [3.05, 3.63) is 66.1 Å². The predicted molar refractivity (Wildman–Crippen MR) is 119 cm³/mol. The average molecular weight is 403 g/mol. The highest BCUT2D eigenvalue weighted by Crippen LogP contribution is 2.39. The van der Waals surface area contributed by atoms with Gasteiger partial charge < -0.3 is 9.47 Å². The molecule has 5 nitrogen and oxygen atoms in total. The Morgan fingerprint density at radius 2 is 1.90 bits per heavy atom. The highest BCUT2D eigenvalue weighted by molar-refractivity contribution is 5.87. The van der Waals surface area contributed by atoms with Gasteiger partial charge in [0.25, 0.3) is 0 Å². The lowest BCUT2D eigenvalue weighted by atomic mass is 9.85. The number of aromatic nitrogens is 2. The van der Waals surface area contributed by atoms with Crippen molar-refractivity contribution in [2.45, 2.75) is 57.8 Å². The number of carbonyl (C=O) groups excluding carboxylic acids is 1. The summed E-state index contributed by atoms with van der Waals surface area (Å²) in [7, 11) is 0. The Balaban J connectivity index is 1.37. The molecule has 156 valence electrons. The Morgan fingerprint density at radius 1 is 1.03 bits per heavy atom. The van der Waals surface area contributed by atoms with Crippen LogP contribution in [0.15, 0.2) is 54.9 Å². The van der Waals surface area contributed by atoms with Crippen molar-refractivity contribution in [2.75, 3.05) is 13.1 Å². The Bertz CT molecular complexity index is 1040. The number of aryl methyl sites for hydroxylation is 1. The minimum Gasteiger partial charge on any atom is -0.348 e. The molecule has 30 heavy (non-hydrogen) atoms. The Hall–Kier alpha value is -2.66. The molecule has 1 aromatic carbocycles. The summed E-state index contributed by atoms with van der Waals surface area (Å²) in [6, 6.07) is 14.9. The molecule has 1 spiro atoms. The second-order valence-corrected chi connectivity index (χ2v) is 8.70. The summed E-state index contributed by atoms with van der Waals surface area (Å²) in [6.45, 7) is 6.45. The van der Waals surface area contributed by atoms with E-state index in [1.165, 1.54) is 16.5 Å². The van der Waals surface area contributed by atoms with E-state index in [1.54, 1.807) is 0 Å². The van der Waals surface area contributed by atoms with Gasteiger partial charge in [-0.2, -0.15) is 0 Å². The lowest BCUT2D eigenvalue weighted by Crippen LogP contribution is -2.59. The monoisotopic (exact) mass is 402 g/mol. The van der Waals surface area contributed by atoms with Crippen molar-refractivity contribution in [1.82, 2.24) is 19.4 Å². The van der Waals surface area contributed by atoms with Crippen molar-refractivity contribution in [3.8, 4) is 0 Å². The average Bonchev–Trinajstić information content (AvgIpc) is 3.36. The Labute approximate surface area is 178 Å². The van der Waals surface area contributed by atoms with Gasteiger partial charge in [-0.05, 0) is 80.4 Å². The first-order chi connectivity index (χ1) is 14.7. The SMILES string of the molecule is CCn1ccc2cc(CN3CCCC34CCCN(Cc3ccccn3)C4=O)ccc21. The molecule has 4 heterocycles. The molecule has 0 saturated carbocycles. The maximum atomic E-state index is 13.7. The van der Waals surface area contributed by atoms with Crippen LogP contribution in [0.4, 0.5) is 0 Å². The summed E-state index contributed by atoms with van der Waals surface area (Å²) in [4.78, 5) is 22.6. The number of nitrogens with zero attached hydrogens (tertiary/aromatic N) is 4. The van der Waals surface area contributed by atoms with Gasteiger partial charge in [0.15, 0.2) is 0 Å². The molecular weight excluding hydrogens is 372 g/mol. The summed E-state index contributed by atoms with van der Waals surface area (Å²) >= 11 is 0. The zero-order valence-corrected chi connectivity index (χ0v) is 17.8. The normalized spacial score (nSPS) is 22.4. The van der Waals surface area contributed by atoms with Crippen LogP contribution >= 0.6 is 0 Å². The number of piperidine rings is 1. The van der Waals surface area contributed by atoms with Crippen molar-refractivity contribution in [2.24, 2.45) is 0 Å². The molecule has 1 atom stereocenters. The number of rotatable bonds is 5. The number of hydrogen-bond donors (Lipinski definition) is 0. The number of pyridine rings is 1. The summed E-state index contributed by atoms with van der Waals surface area (Å²) in [5, 5.41) is 1.29. The van der Waals surface area contributed by atoms with Gasteiger partial charge in [-0.1, -0.05) is 12.1 Å². The van der Waals surface area contributed by atoms with Crippen LogP contribution in [0.2, 0.25) is 0 Å². The van der Waals surface area contributed by atoms with Crippen molar-refractivity contribution in [1.29, 1.82) is 0 Å². The molecule has 0 bridgehead atoms. The lowest BCUT2D eigenvalue weighted by molar-refractivity contribution is -0.148. The van der Waals surface area contributed by atoms with E-state index in [0.717, 1.165) is 57.6 Å². The van der Waals surface area contributed by atoms with Gasteiger partial charge in [0.2, 0.25) is 5.91 Å². The van der Waals surface area contributed by atoms with Gasteiger partial charge in [-0.3, -0.25) is 14.7 Å². The molecule has 2 fully saturated rings. The molecule has 5 rings (SSSR count). The fourth-order valence-electron chi connectivity index (χ4n) is 5.44. The van der Waals surface area contributed by atoms with Crippen molar-refractivity contribution >= 4 is 16.8 Å². The Morgan fingerprint density at radius 3 is 2.70 bits per heavy atom. The molecule has 2 saturated heterocycles. The smallest absolute Gasteiger partial charge is 0.243 e. The summed E-state index contributed by atoms with van der Waals surface area (Å²) in [5.41, 5.74) is 3.22. The van der Waals surface area contributed by atoms with Crippen LogP contribution < -0.4 is 0 Å². The number of benzene rings is 1. The standard InChI is InChI=1S/C25H30N4O/c1-2-27-16-10-21-17-20(8-9-23(21)27)18-29-15-6-12-25(29)11-5-14-28(24(25)30)19-22-7-3-4-13-26-22/h3-4,7-10,13,16-17H,2,5-6,11-12,14-15,18-19H2,1H3. The predicted octanol–water partition coefficient (Wildman–Crippen LogP) is 4.21. The number of hydrogen-bond acceptors (Lipinski definition) is 3.